The number of nitrogens with one attached hydrogen (secondary N) is 1. The highest BCUT2D eigenvalue weighted by Crippen LogP contribution is 2.30. The molecule has 0 radical (unpaired) electrons. The van der Waals surface area contributed by atoms with Gasteiger partial charge in [0.15, 0.2) is 11.3 Å². The summed E-state index contributed by atoms with van der Waals surface area (Å²) in [5.41, 5.74) is 4.68. The average Bonchev–Trinajstić information content (AvgIpc) is 3.65. The maximum absolute atomic E-state index is 13.1. The van der Waals surface area contributed by atoms with Crippen molar-refractivity contribution in [1.29, 1.82) is 0 Å². The average molecular weight is 792 g/mol. The Hall–Kier alpha value is -7.00. The number of thioether (sulfide) groups is 1. The summed E-state index contributed by atoms with van der Waals surface area (Å²) in [6.45, 7) is 9.67. The number of fused-ring (bicyclic) bond motifs is 1. The molecule has 292 valence electrons. The van der Waals surface area contributed by atoms with Gasteiger partial charge in [-0.2, -0.15) is 5.10 Å². The first-order valence-corrected chi connectivity index (χ1v) is 18.2. The van der Waals surface area contributed by atoms with Crippen molar-refractivity contribution in [2.75, 3.05) is 19.8 Å². The van der Waals surface area contributed by atoms with Crippen LogP contribution in [0.2, 0.25) is 0 Å². The standard InChI is InChI=1S/C42H37N3O11S/c1-4-37(46)53-26-33(55-39(48)6-3)25-52-31-16-12-28(13-17-31)40(49)51-22-21-27-11-20-35(56-41(50)29-14-18-32(19-15-29)54-38(47)5-2)30(23-27)24-43-45-42-44-34-9-7-8-10-36(34)57-42/h4-20,23-24,33-34,36H,1-3,21-22,25-26H2,(H,44,45)/b43-24+. The quantitative estimate of drug-likeness (QED) is 0.0428. The molecule has 15 heteroatoms. The van der Waals surface area contributed by atoms with E-state index in [4.69, 9.17) is 28.4 Å². The van der Waals surface area contributed by atoms with Gasteiger partial charge in [0.2, 0.25) is 0 Å². The summed E-state index contributed by atoms with van der Waals surface area (Å²) >= 11 is 1.55. The molecular formula is C42H37N3O11S. The van der Waals surface area contributed by atoms with Gasteiger partial charge in [-0.1, -0.05) is 61.9 Å². The number of hydrazone groups is 1. The Bertz CT molecular complexity index is 2120. The molecule has 0 aromatic heterocycles. The number of esters is 5. The molecule has 5 rings (SSSR count). The number of nitrogens with zero attached hydrogens (tertiary/aromatic N) is 2. The molecule has 0 fully saturated rings. The number of rotatable bonds is 18. The first-order valence-electron chi connectivity index (χ1n) is 17.3. The number of aliphatic imine (C=N–C) groups is 1. The summed E-state index contributed by atoms with van der Waals surface area (Å²) in [6, 6.07) is 17.1. The van der Waals surface area contributed by atoms with Gasteiger partial charge in [0, 0.05) is 30.2 Å². The van der Waals surface area contributed by atoms with Crippen LogP contribution in [-0.4, -0.2) is 78.4 Å². The van der Waals surface area contributed by atoms with Crippen LogP contribution in [0.4, 0.5) is 0 Å². The van der Waals surface area contributed by atoms with E-state index < -0.39 is 36.0 Å². The van der Waals surface area contributed by atoms with Gasteiger partial charge >= 0.3 is 29.8 Å². The number of hydrogen-bond donors (Lipinski definition) is 1. The van der Waals surface area contributed by atoms with Crippen LogP contribution >= 0.6 is 11.8 Å². The zero-order chi connectivity index (χ0) is 40.6. The summed E-state index contributed by atoms with van der Waals surface area (Å²) in [5, 5.41) is 5.18. The van der Waals surface area contributed by atoms with Gasteiger partial charge in [0.25, 0.3) is 0 Å². The predicted molar refractivity (Wildman–Crippen MR) is 212 cm³/mol. The Morgan fingerprint density at radius 1 is 0.772 bits per heavy atom. The number of allylic oxidation sites excluding steroid dienone is 2. The molecule has 0 amide bonds. The van der Waals surface area contributed by atoms with Crippen LogP contribution in [-0.2, 0) is 35.0 Å². The third-order valence-corrected chi connectivity index (χ3v) is 8.99. The molecule has 3 aromatic carbocycles. The number of carbonyl (C=O) groups excluding carboxylic acids is 5. The van der Waals surface area contributed by atoms with E-state index in [1.54, 1.807) is 42.1 Å². The van der Waals surface area contributed by atoms with Crippen LogP contribution in [0.1, 0.15) is 31.8 Å². The zero-order valence-electron chi connectivity index (χ0n) is 30.4. The molecule has 3 aromatic rings. The van der Waals surface area contributed by atoms with Crippen molar-refractivity contribution < 1.29 is 52.4 Å². The van der Waals surface area contributed by atoms with E-state index >= 15 is 0 Å². The first-order chi connectivity index (χ1) is 27.6. The van der Waals surface area contributed by atoms with Crippen molar-refractivity contribution in [3.8, 4) is 17.2 Å². The van der Waals surface area contributed by atoms with E-state index in [0.717, 1.165) is 23.8 Å². The van der Waals surface area contributed by atoms with Gasteiger partial charge in [-0.25, -0.2) is 24.0 Å². The lowest BCUT2D eigenvalue weighted by atomic mass is 10.1. The summed E-state index contributed by atoms with van der Waals surface area (Å²) < 4.78 is 32.1. The molecule has 2 aliphatic rings. The van der Waals surface area contributed by atoms with E-state index in [1.807, 2.05) is 18.2 Å². The Morgan fingerprint density at radius 3 is 2.16 bits per heavy atom. The van der Waals surface area contributed by atoms with Crippen LogP contribution in [0.5, 0.6) is 17.2 Å². The smallest absolute Gasteiger partial charge is 0.343 e. The Morgan fingerprint density at radius 2 is 1.46 bits per heavy atom. The van der Waals surface area contributed by atoms with E-state index in [1.165, 1.54) is 42.6 Å². The van der Waals surface area contributed by atoms with Crippen LogP contribution < -0.4 is 19.6 Å². The van der Waals surface area contributed by atoms with Gasteiger partial charge < -0.3 is 28.4 Å². The minimum Gasteiger partial charge on any atom is -0.490 e. The van der Waals surface area contributed by atoms with Gasteiger partial charge in [-0.05, 0) is 66.2 Å². The summed E-state index contributed by atoms with van der Waals surface area (Å²) in [6.07, 6.45) is 11.9. The number of carbonyl (C=O) groups is 5. The molecule has 1 N–H and O–H groups in total. The molecule has 14 nitrogen and oxygen atoms in total. The Kier molecular flexibility index (Phi) is 14.9. The highest BCUT2D eigenvalue weighted by molar-refractivity contribution is 8.14. The minimum absolute atomic E-state index is 0.0218. The van der Waals surface area contributed by atoms with Crippen LogP contribution in [0.3, 0.4) is 0 Å². The molecule has 1 aliphatic heterocycles. The number of hydrogen-bond acceptors (Lipinski definition) is 15. The predicted octanol–water partition coefficient (Wildman–Crippen LogP) is 5.49. The third-order valence-electron chi connectivity index (χ3n) is 7.86. The fourth-order valence-electron chi connectivity index (χ4n) is 5.01. The fraction of sp³-hybridized carbons (Fsp3) is 0.167. The van der Waals surface area contributed by atoms with E-state index in [9.17, 15) is 24.0 Å². The van der Waals surface area contributed by atoms with Gasteiger partial charge in [0.1, 0.15) is 30.5 Å². The number of ether oxygens (including phenoxy) is 6. The minimum atomic E-state index is -0.914. The van der Waals surface area contributed by atoms with Gasteiger partial charge in [-0.15, -0.1) is 0 Å². The van der Waals surface area contributed by atoms with Gasteiger partial charge in [-0.3, -0.25) is 10.4 Å². The van der Waals surface area contributed by atoms with Crippen molar-refractivity contribution >= 4 is 53.0 Å². The lowest BCUT2D eigenvalue weighted by molar-refractivity contribution is -0.154. The number of benzene rings is 3. The first kappa shape index (κ1) is 41.2. The van der Waals surface area contributed by atoms with Crippen molar-refractivity contribution in [2.24, 2.45) is 10.1 Å². The van der Waals surface area contributed by atoms with E-state index in [2.05, 4.69) is 41.3 Å². The lowest BCUT2D eigenvalue weighted by Crippen LogP contribution is -2.30. The van der Waals surface area contributed by atoms with E-state index in [-0.39, 0.29) is 53.7 Å². The Balaban J connectivity index is 1.19. The van der Waals surface area contributed by atoms with Crippen LogP contribution in [0.15, 0.2) is 139 Å². The second kappa shape index (κ2) is 20.6. The lowest BCUT2D eigenvalue weighted by Gasteiger charge is -2.17. The molecule has 57 heavy (non-hydrogen) atoms. The zero-order valence-corrected chi connectivity index (χ0v) is 31.3. The monoisotopic (exact) mass is 791 g/mol. The van der Waals surface area contributed by atoms with E-state index in [0.29, 0.717) is 22.9 Å². The summed E-state index contributed by atoms with van der Waals surface area (Å²) in [4.78, 5) is 65.2. The molecule has 1 aliphatic carbocycles. The molecule has 1 heterocycles. The highest BCUT2D eigenvalue weighted by atomic mass is 32.2. The third kappa shape index (κ3) is 12.5. The molecule has 0 saturated carbocycles. The summed E-state index contributed by atoms with van der Waals surface area (Å²) in [5.74, 6) is -2.42. The van der Waals surface area contributed by atoms with Crippen molar-refractivity contribution in [2.45, 2.75) is 23.8 Å². The maximum atomic E-state index is 13.1. The molecule has 0 spiro atoms. The van der Waals surface area contributed by atoms with Gasteiger partial charge in [0.05, 0.1) is 35.2 Å². The topological polar surface area (TPSA) is 177 Å². The maximum Gasteiger partial charge on any atom is 0.343 e. The van der Waals surface area contributed by atoms with Crippen LogP contribution in [0.25, 0.3) is 0 Å². The normalized spacial score (nSPS) is 15.6. The highest BCUT2D eigenvalue weighted by Gasteiger charge is 2.27. The van der Waals surface area contributed by atoms with Crippen molar-refractivity contribution in [1.82, 2.24) is 5.43 Å². The van der Waals surface area contributed by atoms with Crippen molar-refractivity contribution in [3.63, 3.8) is 0 Å². The fourth-order valence-corrected chi connectivity index (χ4v) is 6.02. The molecule has 0 bridgehead atoms. The Labute approximate surface area is 332 Å². The molecule has 3 atom stereocenters. The second-order valence-electron chi connectivity index (χ2n) is 11.9. The second-order valence-corrected chi connectivity index (χ2v) is 13.0. The SMILES string of the molecule is C=CC(=O)OCC(COc1ccc(C(=O)OCCc2ccc(OC(=O)c3ccc(OC(=O)C=C)cc3)c(/C=N/NC3=NC4C=CC=CC4S3)c2)cc1)OC(=O)C=C. The summed E-state index contributed by atoms with van der Waals surface area (Å²) in [7, 11) is 0. The van der Waals surface area contributed by atoms with Crippen LogP contribution in [0, 0.1) is 0 Å². The van der Waals surface area contributed by atoms with Crippen molar-refractivity contribution in [3.05, 3.63) is 151 Å². The molecule has 3 unspecified atom stereocenters. The molecular weight excluding hydrogens is 755 g/mol. The number of amidine groups is 1. The largest absolute Gasteiger partial charge is 0.490 e. The molecule has 0 saturated heterocycles.